The summed E-state index contributed by atoms with van der Waals surface area (Å²) in [5.41, 5.74) is 2.90. The largest absolute Gasteiger partial charge is 0.486 e. The van der Waals surface area contributed by atoms with Gasteiger partial charge >= 0.3 is 0 Å². The topological polar surface area (TPSA) is 83.7 Å². The van der Waals surface area contributed by atoms with E-state index in [1.807, 2.05) is 13.8 Å². The maximum atomic E-state index is 13.7. The molecule has 31 heavy (non-hydrogen) atoms. The zero-order valence-corrected chi connectivity index (χ0v) is 17.5. The van der Waals surface area contributed by atoms with Crippen molar-refractivity contribution in [1.29, 1.82) is 0 Å². The highest BCUT2D eigenvalue weighted by atomic mass is 19.1. The Labute approximate surface area is 179 Å². The molecular weight excluding hydrogens is 401 g/mol. The fourth-order valence-electron chi connectivity index (χ4n) is 3.72. The SMILES string of the molecule is CCN(CC(=O)Nc1ccc2c(c1)OCCO2)C(=O)Cc1c(C)[nH]c2ccc(F)cc12. The number of aryl methyl sites for hydroxylation is 1. The number of nitrogens with one attached hydrogen (secondary N) is 2. The molecule has 0 aliphatic carbocycles. The Bertz CT molecular complexity index is 1140. The Balaban J connectivity index is 1.43. The van der Waals surface area contributed by atoms with Crippen LogP contribution in [0.3, 0.4) is 0 Å². The van der Waals surface area contributed by atoms with Gasteiger partial charge in [-0.25, -0.2) is 4.39 Å². The van der Waals surface area contributed by atoms with Gasteiger partial charge < -0.3 is 24.7 Å². The molecule has 2 heterocycles. The van der Waals surface area contributed by atoms with Crippen LogP contribution in [0, 0.1) is 12.7 Å². The number of aromatic amines is 1. The predicted octanol–water partition coefficient (Wildman–Crippen LogP) is 3.42. The third-order valence-electron chi connectivity index (χ3n) is 5.30. The Kier molecular flexibility index (Phi) is 5.79. The lowest BCUT2D eigenvalue weighted by atomic mass is 10.1. The van der Waals surface area contributed by atoms with Gasteiger partial charge in [0.15, 0.2) is 11.5 Å². The van der Waals surface area contributed by atoms with E-state index >= 15 is 0 Å². The van der Waals surface area contributed by atoms with Crippen LogP contribution in [0.15, 0.2) is 36.4 Å². The predicted molar refractivity (Wildman–Crippen MR) is 115 cm³/mol. The molecule has 1 aliphatic rings. The van der Waals surface area contributed by atoms with Crippen molar-refractivity contribution < 1.29 is 23.5 Å². The highest BCUT2D eigenvalue weighted by Crippen LogP contribution is 2.32. The first kappa shape index (κ1) is 20.7. The minimum atomic E-state index is -0.355. The van der Waals surface area contributed by atoms with E-state index in [-0.39, 0.29) is 30.6 Å². The Hall–Kier alpha value is -3.55. The number of fused-ring (bicyclic) bond motifs is 2. The number of H-pyrrole nitrogens is 1. The monoisotopic (exact) mass is 425 g/mol. The van der Waals surface area contributed by atoms with Crippen molar-refractivity contribution >= 4 is 28.4 Å². The molecule has 0 radical (unpaired) electrons. The van der Waals surface area contributed by atoms with Crippen molar-refractivity contribution in [2.45, 2.75) is 20.3 Å². The van der Waals surface area contributed by atoms with E-state index in [1.54, 1.807) is 24.3 Å². The molecule has 0 saturated heterocycles. The summed E-state index contributed by atoms with van der Waals surface area (Å²) in [6, 6.07) is 9.63. The summed E-state index contributed by atoms with van der Waals surface area (Å²) in [5.74, 6) is 0.350. The van der Waals surface area contributed by atoms with Gasteiger partial charge in [0.2, 0.25) is 11.8 Å². The van der Waals surface area contributed by atoms with Gasteiger partial charge in [0, 0.05) is 34.9 Å². The number of amides is 2. The lowest BCUT2D eigenvalue weighted by Crippen LogP contribution is -2.38. The number of ether oxygens (including phenoxy) is 2. The Morgan fingerprint density at radius 2 is 1.90 bits per heavy atom. The first-order valence-electron chi connectivity index (χ1n) is 10.2. The molecule has 2 amide bonds. The summed E-state index contributed by atoms with van der Waals surface area (Å²) < 4.78 is 24.7. The molecule has 4 rings (SSSR count). The van der Waals surface area contributed by atoms with E-state index in [2.05, 4.69) is 10.3 Å². The molecule has 1 aromatic heterocycles. The summed E-state index contributed by atoms with van der Waals surface area (Å²) >= 11 is 0. The molecule has 0 fully saturated rings. The molecule has 0 spiro atoms. The van der Waals surface area contributed by atoms with Crippen molar-refractivity contribution in [1.82, 2.24) is 9.88 Å². The molecule has 2 aromatic carbocycles. The van der Waals surface area contributed by atoms with Crippen molar-refractivity contribution in [3.05, 3.63) is 53.5 Å². The smallest absolute Gasteiger partial charge is 0.243 e. The summed E-state index contributed by atoms with van der Waals surface area (Å²) in [4.78, 5) is 30.1. The van der Waals surface area contributed by atoms with E-state index in [1.165, 1.54) is 17.0 Å². The van der Waals surface area contributed by atoms with Gasteiger partial charge in [0.05, 0.1) is 13.0 Å². The molecule has 7 nitrogen and oxygen atoms in total. The fourth-order valence-corrected chi connectivity index (χ4v) is 3.72. The highest BCUT2D eigenvalue weighted by Gasteiger charge is 2.20. The number of likely N-dealkylation sites (N-methyl/N-ethyl adjacent to an activating group) is 1. The molecule has 2 N–H and O–H groups in total. The van der Waals surface area contributed by atoms with Crippen LogP contribution in [-0.4, -0.2) is 48.0 Å². The van der Waals surface area contributed by atoms with E-state index in [4.69, 9.17) is 9.47 Å². The van der Waals surface area contributed by atoms with Gasteiger partial charge in [0.1, 0.15) is 19.0 Å². The molecule has 0 unspecified atom stereocenters. The van der Waals surface area contributed by atoms with Crippen LogP contribution in [0.25, 0.3) is 10.9 Å². The fraction of sp³-hybridized carbons (Fsp3) is 0.304. The number of aromatic nitrogens is 1. The van der Waals surface area contributed by atoms with Crippen molar-refractivity contribution in [3.8, 4) is 11.5 Å². The summed E-state index contributed by atoms with van der Waals surface area (Å²) in [7, 11) is 0. The maximum absolute atomic E-state index is 13.7. The van der Waals surface area contributed by atoms with Gasteiger partial charge in [-0.1, -0.05) is 0 Å². The van der Waals surface area contributed by atoms with Crippen molar-refractivity contribution in [2.24, 2.45) is 0 Å². The second-order valence-corrected chi connectivity index (χ2v) is 7.41. The van der Waals surface area contributed by atoms with Crippen LogP contribution >= 0.6 is 0 Å². The second kappa shape index (κ2) is 8.67. The third-order valence-corrected chi connectivity index (χ3v) is 5.30. The number of benzene rings is 2. The van der Waals surface area contributed by atoms with Crippen LogP contribution in [0.2, 0.25) is 0 Å². The second-order valence-electron chi connectivity index (χ2n) is 7.41. The van der Waals surface area contributed by atoms with Crippen molar-refractivity contribution in [2.75, 3.05) is 31.6 Å². The van der Waals surface area contributed by atoms with E-state index in [0.29, 0.717) is 42.3 Å². The van der Waals surface area contributed by atoms with Crippen molar-refractivity contribution in [3.63, 3.8) is 0 Å². The summed E-state index contributed by atoms with van der Waals surface area (Å²) in [6.45, 7) is 4.92. The number of halogens is 1. The first-order chi connectivity index (χ1) is 14.9. The van der Waals surface area contributed by atoms with E-state index in [9.17, 15) is 14.0 Å². The number of carbonyl (C=O) groups excluding carboxylic acids is 2. The van der Waals surface area contributed by atoms with Crippen LogP contribution in [0.4, 0.5) is 10.1 Å². The van der Waals surface area contributed by atoms with Crippen LogP contribution < -0.4 is 14.8 Å². The first-order valence-corrected chi connectivity index (χ1v) is 10.2. The van der Waals surface area contributed by atoms with Gasteiger partial charge in [0.25, 0.3) is 0 Å². The minimum absolute atomic E-state index is 0.0838. The zero-order chi connectivity index (χ0) is 22.0. The Morgan fingerprint density at radius 3 is 2.68 bits per heavy atom. The van der Waals surface area contributed by atoms with Crippen LogP contribution in [-0.2, 0) is 16.0 Å². The molecule has 3 aromatic rings. The van der Waals surface area contributed by atoms with Gasteiger partial charge in [-0.2, -0.15) is 0 Å². The van der Waals surface area contributed by atoms with Gasteiger partial charge in [-0.3, -0.25) is 9.59 Å². The van der Waals surface area contributed by atoms with Crippen LogP contribution in [0.5, 0.6) is 11.5 Å². The molecular formula is C23H24FN3O4. The quantitative estimate of drug-likeness (QED) is 0.634. The molecule has 1 aliphatic heterocycles. The average Bonchev–Trinajstić information content (AvgIpc) is 3.06. The summed E-state index contributed by atoms with van der Waals surface area (Å²) in [5, 5.41) is 3.48. The molecule has 8 heteroatoms. The molecule has 0 saturated carbocycles. The number of rotatable bonds is 6. The van der Waals surface area contributed by atoms with Gasteiger partial charge in [-0.15, -0.1) is 0 Å². The number of nitrogens with zero attached hydrogens (tertiary/aromatic N) is 1. The normalized spacial score (nSPS) is 12.6. The zero-order valence-electron chi connectivity index (χ0n) is 17.5. The highest BCUT2D eigenvalue weighted by molar-refractivity contribution is 5.96. The minimum Gasteiger partial charge on any atom is -0.486 e. The number of carbonyl (C=O) groups is 2. The Morgan fingerprint density at radius 1 is 1.13 bits per heavy atom. The standard InChI is InChI=1S/C23H24FN3O4/c1-3-27(13-22(28)26-16-5-7-20-21(11-16)31-9-8-30-20)23(29)12-17-14(2)25-19-6-4-15(24)10-18(17)19/h4-7,10-11,25H,3,8-9,12-13H2,1-2H3,(H,26,28). The van der Waals surface area contributed by atoms with E-state index < -0.39 is 0 Å². The van der Waals surface area contributed by atoms with Gasteiger partial charge in [-0.05, 0) is 49.7 Å². The maximum Gasteiger partial charge on any atom is 0.243 e. The molecule has 0 bridgehead atoms. The molecule has 162 valence electrons. The number of hydrogen-bond donors (Lipinski definition) is 2. The number of hydrogen-bond acceptors (Lipinski definition) is 4. The molecule has 0 atom stereocenters. The lowest BCUT2D eigenvalue weighted by molar-refractivity contribution is -0.133. The summed E-state index contributed by atoms with van der Waals surface area (Å²) in [6.07, 6.45) is 0.0838. The average molecular weight is 425 g/mol. The lowest BCUT2D eigenvalue weighted by Gasteiger charge is -2.21. The van der Waals surface area contributed by atoms with Crippen LogP contribution in [0.1, 0.15) is 18.2 Å². The van der Waals surface area contributed by atoms with E-state index in [0.717, 1.165) is 16.8 Å². The third kappa shape index (κ3) is 4.47. The number of anilines is 1.